The predicted molar refractivity (Wildman–Crippen MR) is 85.6 cm³/mol. The quantitative estimate of drug-likeness (QED) is 0.742. The highest BCUT2D eigenvalue weighted by Gasteiger charge is 2.27. The molecule has 1 aromatic heterocycles. The highest BCUT2D eigenvalue weighted by atomic mass is 16.4. The molecule has 0 saturated heterocycles. The topological polar surface area (TPSA) is 111 Å². The van der Waals surface area contributed by atoms with Crippen LogP contribution in [0.3, 0.4) is 0 Å². The minimum absolute atomic E-state index is 0.0642. The molecular formula is C17H14N4O3. The maximum atomic E-state index is 12.2. The molecule has 7 heteroatoms. The van der Waals surface area contributed by atoms with Crippen molar-refractivity contribution in [3.63, 3.8) is 0 Å². The lowest BCUT2D eigenvalue weighted by Crippen LogP contribution is -2.37. The van der Waals surface area contributed by atoms with Gasteiger partial charge in [0.2, 0.25) is 17.7 Å². The Hall–Kier alpha value is -3.48. The van der Waals surface area contributed by atoms with Crippen LogP contribution in [0.5, 0.6) is 0 Å². The number of hydrogen-bond acceptors (Lipinski definition) is 5. The van der Waals surface area contributed by atoms with E-state index in [4.69, 9.17) is 10.2 Å². The third-order valence-corrected chi connectivity index (χ3v) is 3.30. The molecule has 2 aromatic carbocycles. The predicted octanol–water partition coefficient (Wildman–Crippen LogP) is 1.69. The molecule has 7 nitrogen and oxygen atoms in total. The van der Waals surface area contributed by atoms with Gasteiger partial charge in [0, 0.05) is 11.1 Å². The van der Waals surface area contributed by atoms with Crippen molar-refractivity contribution in [2.24, 2.45) is 5.73 Å². The van der Waals surface area contributed by atoms with Gasteiger partial charge in [-0.2, -0.15) is 0 Å². The van der Waals surface area contributed by atoms with Crippen molar-refractivity contribution in [2.45, 2.75) is 6.04 Å². The Morgan fingerprint density at radius 3 is 2.21 bits per heavy atom. The Bertz CT molecular complexity index is 847. The Morgan fingerprint density at radius 2 is 1.58 bits per heavy atom. The van der Waals surface area contributed by atoms with Crippen molar-refractivity contribution in [2.75, 3.05) is 0 Å². The Kier molecular flexibility index (Phi) is 4.33. The first-order valence-electron chi connectivity index (χ1n) is 7.19. The summed E-state index contributed by atoms with van der Waals surface area (Å²) in [6, 6.07) is 16.3. The minimum Gasteiger partial charge on any atom is -0.418 e. The lowest BCUT2D eigenvalue weighted by Gasteiger charge is -2.11. The van der Waals surface area contributed by atoms with Crippen molar-refractivity contribution in [3.8, 4) is 11.5 Å². The molecule has 3 aromatic rings. The molecular weight excluding hydrogens is 308 g/mol. The van der Waals surface area contributed by atoms with E-state index in [9.17, 15) is 9.59 Å². The first-order chi connectivity index (χ1) is 11.6. The maximum Gasteiger partial charge on any atom is 0.252 e. The number of primary amides is 1. The van der Waals surface area contributed by atoms with E-state index in [0.29, 0.717) is 11.1 Å². The van der Waals surface area contributed by atoms with E-state index in [-0.39, 0.29) is 11.8 Å². The van der Waals surface area contributed by atoms with E-state index in [0.717, 1.165) is 0 Å². The normalized spacial score (nSPS) is 11.7. The van der Waals surface area contributed by atoms with E-state index < -0.39 is 17.9 Å². The molecule has 0 fully saturated rings. The molecule has 120 valence electrons. The van der Waals surface area contributed by atoms with E-state index in [1.54, 1.807) is 42.5 Å². The zero-order valence-electron chi connectivity index (χ0n) is 12.5. The minimum atomic E-state index is -1.21. The first-order valence-corrected chi connectivity index (χ1v) is 7.19. The Balaban J connectivity index is 1.83. The second-order valence-electron chi connectivity index (χ2n) is 4.99. The summed E-state index contributed by atoms with van der Waals surface area (Å²) in [5.41, 5.74) is 6.46. The fourth-order valence-electron chi connectivity index (χ4n) is 2.11. The molecule has 0 aliphatic rings. The van der Waals surface area contributed by atoms with Gasteiger partial charge in [-0.1, -0.05) is 36.4 Å². The van der Waals surface area contributed by atoms with Crippen LogP contribution in [0.4, 0.5) is 0 Å². The van der Waals surface area contributed by atoms with Crippen LogP contribution in [-0.4, -0.2) is 22.0 Å². The van der Waals surface area contributed by atoms with Gasteiger partial charge in [-0.05, 0) is 24.3 Å². The summed E-state index contributed by atoms with van der Waals surface area (Å²) in [6.45, 7) is 0. The zero-order valence-corrected chi connectivity index (χ0v) is 12.5. The highest BCUT2D eigenvalue weighted by Crippen LogP contribution is 2.20. The second kappa shape index (κ2) is 6.74. The molecule has 1 atom stereocenters. The molecule has 0 unspecified atom stereocenters. The highest BCUT2D eigenvalue weighted by molar-refractivity contribution is 5.97. The molecule has 24 heavy (non-hydrogen) atoms. The molecule has 0 spiro atoms. The number of hydrogen-bond donors (Lipinski definition) is 2. The molecule has 1 heterocycles. The fraction of sp³-hybridized carbons (Fsp3) is 0.0588. The van der Waals surface area contributed by atoms with E-state index in [1.807, 2.05) is 18.2 Å². The van der Waals surface area contributed by atoms with Crippen LogP contribution >= 0.6 is 0 Å². The number of nitrogens with one attached hydrogen (secondary N) is 1. The number of aromatic nitrogens is 2. The third kappa shape index (κ3) is 3.30. The number of benzene rings is 2. The summed E-state index contributed by atoms with van der Waals surface area (Å²) in [6.07, 6.45) is 0. The maximum absolute atomic E-state index is 12.2. The Morgan fingerprint density at radius 1 is 0.958 bits per heavy atom. The molecule has 0 saturated carbocycles. The average molecular weight is 322 g/mol. The smallest absolute Gasteiger partial charge is 0.252 e. The number of carbonyl (C=O) groups excluding carboxylic acids is 2. The summed E-state index contributed by atoms with van der Waals surface area (Å²) < 4.78 is 5.49. The van der Waals surface area contributed by atoms with Crippen LogP contribution in [0.25, 0.3) is 11.5 Å². The van der Waals surface area contributed by atoms with Gasteiger partial charge in [-0.15, -0.1) is 10.2 Å². The summed E-state index contributed by atoms with van der Waals surface area (Å²) >= 11 is 0. The van der Waals surface area contributed by atoms with Gasteiger partial charge in [0.05, 0.1) is 0 Å². The number of carbonyl (C=O) groups is 2. The average Bonchev–Trinajstić information content (AvgIpc) is 3.10. The van der Waals surface area contributed by atoms with Gasteiger partial charge in [-0.25, -0.2) is 0 Å². The van der Waals surface area contributed by atoms with Crippen LogP contribution < -0.4 is 11.1 Å². The Labute approximate surface area is 137 Å². The molecule has 0 aliphatic heterocycles. The van der Waals surface area contributed by atoms with Gasteiger partial charge in [-0.3, -0.25) is 9.59 Å². The van der Waals surface area contributed by atoms with Crippen molar-refractivity contribution >= 4 is 11.8 Å². The van der Waals surface area contributed by atoms with Crippen LogP contribution in [0, 0.1) is 0 Å². The van der Waals surface area contributed by atoms with E-state index >= 15 is 0 Å². The number of nitrogens with two attached hydrogens (primary N) is 1. The molecule has 0 bridgehead atoms. The van der Waals surface area contributed by atoms with Crippen LogP contribution in [-0.2, 0) is 4.79 Å². The van der Waals surface area contributed by atoms with E-state index in [1.165, 1.54) is 0 Å². The van der Waals surface area contributed by atoms with Gasteiger partial charge in [0.1, 0.15) is 0 Å². The summed E-state index contributed by atoms with van der Waals surface area (Å²) in [7, 11) is 0. The van der Waals surface area contributed by atoms with Crippen molar-refractivity contribution in [1.29, 1.82) is 0 Å². The first kappa shape index (κ1) is 15.4. The standard InChI is InChI=1S/C17H14N4O3/c18-14(22)13(19-15(23)11-7-3-1-4-8-11)17-21-20-16(24-17)12-9-5-2-6-10-12/h1-10,13H,(H2,18,22)(H,19,23)/t13-/m1/s1. The monoisotopic (exact) mass is 322 g/mol. The molecule has 0 radical (unpaired) electrons. The second-order valence-corrected chi connectivity index (χ2v) is 4.99. The molecule has 3 rings (SSSR count). The zero-order chi connectivity index (χ0) is 16.9. The number of rotatable bonds is 5. The van der Waals surface area contributed by atoms with Crippen molar-refractivity contribution < 1.29 is 14.0 Å². The molecule has 2 amide bonds. The number of nitrogens with zero attached hydrogens (tertiary/aromatic N) is 2. The largest absolute Gasteiger partial charge is 0.418 e. The lowest BCUT2D eigenvalue weighted by atomic mass is 10.2. The van der Waals surface area contributed by atoms with Crippen LogP contribution in [0.1, 0.15) is 22.3 Å². The fourth-order valence-corrected chi connectivity index (χ4v) is 2.11. The summed E-state index contributed by atoms with van der Waals surface area (Å²) in [5.74, 6) is -1.07. The summed E-state index contributed by atoms with van der Waals surface area (Å²) in [5, 5.41) is 10.2. The van der Waals surface area contributed by atoms with Crippen LogP contribution in [0.2, 0.25) is 0 Å². The van der Waals surface area contributed by atoms with Crippen molar-refractivity contribution in [1.82, 2.24) is 15.5 Å². The van der Waals surface area contributed by atoms with Crippen LogP contribution in [0.15, 0.2) is 65.1 Å². The third-order valence-electron chi connectivity index (χ3n) is 3.30. The van der Waals surface area contributed by atoms with Gasteiger partial charge in [0.25, 0.3) is 5.91 Å². The van der Waals surface area contributed by atoms with Crippen molar-refractivity contribution in [3.05, 3.63) is 72.1 Å². The lowest BCUT2D eigenvalue weighted by molar-refractivity contribution is -0.120. The SMILES string of the molecule is NC(=O)[C@@H](NC(=O)c1ccccc1)c1nnc(-c2ccccc2)o1. The van der Waals surface area contributed by atoms with E-state index in [2.05, 4.69) is 15.5 Å². The van der Waals surface area contributed by atoms with Gasteiger partial charge >= 0.3 is 0 Å². The molecule has 0 aliphatic carbocycles. The summed E-state index contributed by atoms with van der Waals surface area (Å²) in [4.78, 5) is 23.9. The van der Waals surface area contributed by atoms with Gasteiger partial charge < -0.3 is 15.5 Å². The van der Waals surface area contributed by atoms with Gasteiger partial charge in [0.15, 0.2) is 6.04 Å². The number of amides is 2. The molecule has 3 N–H and O–H groups in total.